The molecule has 0 aliphatic rings. The highest BCUT2D eigenvalue weighted by Gasteiger charge is 2.19. The van der Waals surface area contributed by atoms with Crippen LogP contribution in [-0.4, -0.2) is 19.4 Å². The molecule has 1 rings (SSSR count). The Kier molecular flexibility index (Phi) is 5.35. The van der Waals surface area contributed by atoms with E-state index in [9.17, 15) is 8.42 Å². The number of halogens is 2. The first kappa shape index (κ1) is 16.0. The number of oxime groups is 1. The van der Waals surface area contributed by atoms with Gasteiger partial charge in [0.2, 0.25) is 0 Å². The molecule has 0 atom stereocenters. The van der Waals surface area contributed by atoms with Crippen LogP contribution in [0.3, 0.4) is 0 Å². The van der Waals surface area contributed by atoms with Crippen molar-refractivity contribution < 1.29 is 12.7 Å². The van der Waals surface area contributed by atoms with Crippen LogP contribution in [0.1, 0.15) is 19.4 Å². The lowest BCUT2D eigenvalue weighted by molar-refractivity contribution is 0.334. The Bertz CT molecular complexity index is 630. The largest absolute Gasteiger partial charge is 0.330 e. The fraction of sp³-hybridized carbons (Fsp3) is 0.273. The van der Waals surface area contributed by atoms with Gasteiger partial charge in [-0.25, -0.2) is 0 Å². The van der Waals surface area contributed by atoms with Gasteiger partial charge in [-0.3, -0.25) is 4.28 Å². The third-order valence-corrected chi connectivity index (χ3v) is 4.53. The summed E-state index contributed by atoms with van der Waals surface area (Å²) in [5.41, 5.74) is 0.0623. The van der Waals surface area contributed by atoms with Crippen molar-refractivity contribution in [3.8, 4) is 6.07 Å². The summed E-state index contributed by atoms with van der Waals surface area (Å²) in [4.78, 5) is 0. The number of benzene rings is 1. The highest BCUT2D eigenvalue weighted by molar-refractivity contribution is 9.10. The van der Waals surface area contributed by atoms with Gasteiger partial charge in [-0.2, -0.15) is 13.7 Å². The zero-order valence-electron chi connectivity index (χ0n) is 10.1. The first-order chi connectivity index (χ1) is 8.79. The van der Waals surface area contributed by atoms with Crippen molar-refractivity contribution >= 4 is 43.4 Å². The molecule has 1 aromatic rings. The van der Waals surface area contributed by atoms with E-state index in [-0.39, 0.29) is 16.3 Å². The van der Waals surface area contributed by atoms with E-state index in [4.69, 9.17) is 16.9 Å². The van der Waals surface area contributed by atoms with Crippen molar-refractivity contribution in [1.82, 2.24) is 0 Å². The van der Waals surface area contributed by atoms with Crippen LogP contribution in [0.2, 0.25) is 5.02 Å². The first-order valence-corrected chi connectivity index (χ1v) is 7.78. The van der Waals surface area contributed by atoms with Gasteiger partial charge in [0.1, 0.15) is 6.07 Å². The molecule has 0 aliphatic heterocycles. The van der Waals surface area contributed by atoms with Gasteiger partial charge in [0, 0.05) is 10.0 Å². The molecule has 0 aromatic heterocycles. The zero-order chi connectivity index (χ0) is 14.6. The standard InChI is InChI=1S/C11H10BrClN2O3S/c1-7(2)19(16,17)18-15-10(6-14)11-8(12)4-3-5-9(11)13/h3-5,7H,1-2H3/b15-10-. The van der Waals surface area contributed by atoms with Crippen LogP contribution < -0.4 is 0 Å². The minimum Gasteiger partial charge on any atom is -0.267 e. The predicted octanol–water partition coefficient (Wildman–Crippen LogP) is 3.08. The molecule has 5 nitrogen and oxygen atoms in total. The summed E-state index contributed by atoms with van der Waals surface area (Å²) in [6.45, 7) is 2.89. The van der Waals surface area contributed by atoms with Crippen LogP contribution in [0.15, 0.2) is 27.8 Å². The van der Waals surface area contributed by atoms with Crippen LogP contribution in [0.5, 0.6) is 0 Å². The van der Waals surface area contributed by atoms with Gasteiger partial charge in [0.15, 0.2) is 5.71 Å². The Morgan fingerprint density at radius 2 is 2.16 bits per heavy atom. The molecule has 0 amide bonds. The van der Waals surface area contributed by atoms with E-state index in [1.54, 1.807) is 24.3 Å². The lowest BCUT2D eigenvalue weighted by Crippen LogP contribution is -2.15. The number of rotatable bonds is 4. The summed E-state index contributed by atoms with van der Waals surface area (Å²) in [6.07, 6.45) is 0. The maximum absolute atomic E-state index is 11.5. The monoisotopic (exact) mass is 364 g/mol. The average Bonchev–Trinajstić information content (AvgIpc) is 2.32. The first-order valence-electron chi connectivity index (χ1n) is 5.14. The molecule has 1 aromatic carbocycles. The lowest BCUT2D eigenvalue weighted by Gasteiger charge is -2.06. The van der Waals surface area contributed by atoms with Gasteiger partial charge in [-0.1, -0.05) is 38.8 Å². The second-order valence-electron chi connectivity index (χ2n) is 3.76. The minimum absolute atomic E-state index is 0.221. The van der Waals surface area contributed by atoms with Gasteiger partial charge < -0.3 is 0 Å². The molecule has 0 saturated heterocycles. The van der Waals surface area contributed by atoms with E-state index in [0.717, 1.165) is 0 Å². The predicted molar refractivity (Wildman–Crippen MR) is 76.4 cm³/mol. The molecule has 0 radical (unpaired) electrons. The third kappa shape index (κ3) is 3.93. The highest BCUT2D eigenvalue weighted by Crippen LogP contribution is 2.25. The summed E-state index contributed by atoms with van der Waals surface area (Å²) < 4.78 is 27.9. The highest BCUT2D eigenvalue weighted by atomic mass is 79.9. The molecular formula is C11H10BrClN2O3S. The Morgan fingerprint density at radius 1 is 1.53 bits per heavy atom. The zero-order valence-corrected chi connectivity index (χ0v) is 13.3. The number of hydrogen-bond acceptors (Lipinski definition) is 5. The van der Waals surface area contributed by atoms with Crippen LogP contribution in [0, 0.1) is 11.3 Å². The molecule has 0 heterocycles. The third-order valence-electron chi connectivity index (χ3n) is 2.12. The molecule has 0 spiro atoms. The fourth-order valence-corrected chi connectivity index (χ4v) is 2.30. The van der Waals surface area contributed by atoms with Gasteiger partial charge in [-0.15, -0.1) is 0 Å². The summed E-state index contributed by atoms with van der Waals surface area (Å²) in [5.74, 6) is 0. The van der Waals surface area contributed by atoms with Crippen molar-refractivity contribution in [3.05, 3.63) is 33.3 Å². The molecule has 0 unspecified atom stereocenters. The quantitative estimate of drug-likeness (QED) is 0.606. The second kappa shape index (κ2) is 6.37. The molecule has 0 fully saturated rings. The van der Waals surface area contributed by atoms with Crippen molar-refractivity contribution in [3.63, 3.8) is 0 Å². The normalized spacial score (nSPS) is 12.3. The Balaban J connectivity index is 3.20. The summed E-state index contributed by atoms with van der Waals surface area (Å²) in [7, 11) is -3.83. The van der Waals surface area contributed by atoms with Gasteiger partial charge >= 0.3 is 10.1 Å². The van der Waals surface area contributed by atoms with Gasteiger partial charge in [0.05, 0.1) is 10.3 Å². The van der Waals surface area contributed by atoms with E-state index < -0.39 is 15.4 Å². The molecular weight excluding hydrogens is 356 g/mol. The van der Waals surface area contributed by atoms with E-state index in [1.165, 1.54) is 13.8 Å². The smallest absolute Gasteiger partial charge is 0.267 e. The molecule has 0 aliphatic carbocycles. The van der Waals surface area contributed by atoms with Crippen LogP contribution in [0.25, 0.3) is 0 Å². The Morgan fingerprint density at radius 3 is 2.63 bits per heavy atom. The summed E-state index contributed by atoms with van der Waals surface area (Å²) in [5, 5.41) is 11.9. The molecule has 102 valence electrons. The molecule has 0 N–H and O–H groups in total. The molecule has 8 heteroatoms. The van der Waals surface area contributed by atoms with Gasteiger partial charge in [-0.05, 0) is 26.0 Å². The lowest BCUT2D eigenvalue weighted by atomic mass is 10.1. The summed E-state index contributed by atoms with van der Waals surface area (Å²) in [6, 6.07) is 6.65. The maximum atomic E-state index is 11.5. The van der Waals surface area contributed by atoms with Crippen molar-refractivity contribution in [2.24, 2.45) is 5.16 Å². The van der Waals surface area contributed by atoms with Crippen LogP contribution in [0.4, 0.5) is 0 Å². The van der Waals surface area contributed by atoms with Crippen molar-refractivity contribution in [1.29, 1.82) is 5.26 Å². The Labute approximate surface area is 125 Å². The SMILES string of the molecule is CC(C)S(=O)(=O)O/N=C(/C#N)c1c(Cl)cccc1Br. The van der Waals surface area contributed by atoms with Crippen molar-refractivity contribution in [2.75, 3.05) is 0 Å². The second-order valence-corrected chi connectivity index (χ2v) is 7.10. The van der Waals surface area contributed by atoms with E-state index in [2.05, 4.69) is 25.4 Å². The van der Waals surface area contributed by atoms with Crippen LogP contribution in [-0.2, 0) is 14.4 Å². The number of nitrogens with zero attached hydrogens (tertiary/aromatic N) is 2. The van der Waals surface area contributed by atoms with Crippen molar-refractivity contribution in [2.45, 2.75) is 19.1 Å². The van der Waals surface area contributed by atoms with E-state index in [1.807, 2.05) is 0 Å². The molecule has 0 saturated carbocycles. The van der Waals surface area contributed by atoms with Crippen LogP contribution >= 0.6 is 27.5 Å². The summed E-state index contributed by atoms with van der Waals surface area (Å²) >= 11 is 9.17. The topological polar surface area (TPSA) is 79.5 Å². The average molecular weight is 366 g/mol. The molecule has 0 bridgehead atoms. The van der Waals surface area contributed by atoms with Gasteiger partial charge in [0.25, 0.3) is 0 Å². The Hall–Kier alpha value is -1.10. The number of hydrogen-bond donors (Lipinski definition) is 0. The van der Waals surface area contributed by atoms with E-state index in [0.29, 0.717) is 4.47 Å². The minimum atomic E-state index is -3.83. The fourth-order valence-electron chi connectivity index (χ4n) is 1.02. The number of nitriles is 1. The van der Waals surface area contributed by atoms with E-state index >= 15 is 0 Å². The maximum Gasteiger partial charge on any atom is 0.330 e. The molecule has 19 heavy (non-hydrogen) atoms.